The first-order chi connectivity index (χ1) is 12.2. The number of aliphatic hydroxyl groups excluding tert-OH is 3. The molecule has 3 aromatic rings. The van der Waals surface area contributed by atoms with E-state index in [9.17, 15) is 15.3 Å². The molecule has 4 N–H and O–H groups in total. The van der Waals surface area contributed by atoms with E-state index in [1.54, 1.807) is 12.5 Å². The molecule has 1 fully saturated rings. The van der Waals surface area contributed by atoms with Gasteiger partial charge in [-0.25, -0.2) is 15.0 Å². The molecule has 10 heteroatoms. The number of nitrogens with one attached hydrogen (secondary N) is 1. The lowest BCUT2D eigenvalue weighted by molar-refractivity contribution is -0.0511. The van der Waals surface area contributed by atoms with E-state index in [0.717, 1.165) is 5.56 Å². The van der Waals surface area contributed by atoms with Crippen molar-refractivity contribution < 1.29 is 24.5 Å². The second-order valence-corrected chi connectivity index (χ2v) is 5.76. The van der Waals surface area contributed by atoms with Gasteiger partial charge in [0.25, 0.3) is 0 Å². The number of furan rings is 1. The Balaban J connectivity index is 1.63. The first kappa shape index (κ1) is 16.0. The third kappa shape index (κ3) is 2.74. The predicted molar refractivity (Wildman–Crippen MR) is 84.4 cm³/mol. The Morgan fingerprint density at radius 3 is 2.80 bits per heavy atom. The normalized spacial score (nSPS) is 26.4. The third-order valence-corrected chi connectivity index (χ3v) is 4.19. The second-order valence-electron chi connectivity index (χ2n) is 5.76. The Bertz CT molecular complexity index is 851. The lowest BCUT2D eigenvalue weighted by atomic mass is 10.1. The topological polar surface area (TPSA) is 139 Å². The van der Waals surface area contributed by atoms with Gasteiger partial charge >= 0.3 is 0 Å². The molecule has 0 saturated carbocycles. The van der Waals surface area contributed by atoms with Crippen LogP contribution in [0.25, 0.3) is 11.2 Å². The zero-order valence-electron chi connectivity index (χ0n) is 13.1. The SMILES string of the molecule is OC[C@H]1O[C@@H](n2cnc3c(NCc4ccoc4)ncnc32)[C@@H](O)C1O. The van der Waals surface area contributed by atoms with Crippen LogP contribution in [0.5, 0.6) is 0 Å². The van der Waals surface area contributed by atoms with Gasteiger partial charge in [0.05, 0.1) is 25.5 Å². The van der Waals surface area contributed by atoms with Gasteiger partial charge < -0.3 is 29.8 Å². The number of rotatable bonds is 5. The second kappa shape index (κ2) is 6.41. The summed E-state index contributed by atoms with van der Waals surface area (Å²) in [5.41, 5.74) is 1.90. The van der Waals surface area contributed by atoms with Crippen LogP contribution in [0, 0.1) is 0 Å². The van der Waals surface area contributed by atoms with Crippen LogP contribution in [0.2, 0.25) is 0 Å². The monoisotopic (exact) mass is 347 g/mol. The van der Waals surface area contributed by atoms with Crippen molar-refractivity contribution in [2.45, 2.75) is 31.1 Å². The summed E-state index contributed by atoms with van der Waals surface area (Å²) in [6.07, 6.45) is 1.90. The lowest BCUT2D eigenvalue weighted by Crippen LogP contribution is -2.33. The van der Waals surface area contributed by atoms with Crippen molar-refractivity contribution in [2.75, 3.05) is 11.9 Å². The van der Waals surface area contributed by atoms with E-state index in [2.05, 4.69) is 20.3 Å². The van der Waals surface area contributed by atoms with Crippen molar-refractivity contribution in [3.8, 4) is 0 Å². The lowest BCUT2D eigenvalue weighted by Gasteiger charge is -2.16. The number of aliphatic hydroxyl groups is 3. The van der Waals surface area contributed by atoms with E-state index in [4.69, 9.17) is 9.15 Å². The summed E-state index contributed by atoms with van der Waals surface area (Å²) in [6.45, 7) is 0.108. The van der Waals surface area contributed by atoms with E-state index in [1.165, 1.54) is 17.2 Å². The molecule has 0 radical (unpaired) electrons. The van der Waals surface area contributed by atoms with Gasteiger partial charge in [0.1, 0.15) is 24.6 Å². The van der Waals surface area contributed by atoms with E-state index in [0.29, 0.717) is 23.5 Å². The average molecular weight is 347 g/mol. The Kier molecular flexibility index (Phi) is 4.09. The van der Waals surface area contributed by atoms with Gasteiger partial charge in [0.2, 0.25) is 0 Å². The fourth-order valence-electron chi connectivity index (χ4n) is 2.86. The van der Waals surface area contributed by atoms with Gasteiger partial charge in [0.15, 0.2) is 23.2 Å². The molecule has 10 nitrogen and oxygen atoms in total. The molecule has 4 rings (SSSR count). The van der Waals surface area contributed by atoms with Crippen LogP contribution in [0.4, 0.5) is 5.82 Å². The summed E-state index contributed by atoms with van der Waals surface area (Å²) in [6, 6.07) is 1.84. The number of hydrogen-bond acceptors (Lipinski definition) is 9. The van der Waals surface area contributed by atoms with Crippen molar-refractivity contribution in [3.05, 3.63) is 36.8 Å². The molecule has 0 spiro atoms. The Labute approximate surface area is 141 Å². The highest BCUT2D eigenvalue weighted by molar-refractivity contribution is 5.82. The van der Waals surface area contributed by atoms with Crippen molar-refractivity contribution in [1.29, 1.82) is 0 Å². The minimum atomic E-state index is -1.20. The van der Waals surface area contributed by atoms with Crippen LogP contribution in [-0.2, 0) is 11.3 Å². The summed E-state index contributed by atoms with van der Waals surface area (Å²) in [5, 5.41) is 32.5. The zero-order valence-corrected chi connectivity index (χ0v) is 13.1. The Morgan fingerprint density at radius 2 is 2.08 bits per heavy atom. The molecule has 1 aliphatic rings. The van der Waals surface area contributed by atoms with E-state index >= 15 is 0 Å². The maximum atomic E-state index is 10.2. The van der Waals surface area contributed by atoms with Crippen LogP contribution in [0.1, 0.15) is 11.8 Å². The number of anilines is 1. The van der Waals surface area contributed by atoms with E-state index in [1.807, 2.05) is 6.07 Å². The number of fused-ring (bicyclic) bond motifs is 1. The zero-order chi connectivity index (χ0) is 17.4. The summed E-state index contributed by atoms with van der Waals surface area (Å²) in [4.78, 5) is 12.7. The van der Waals surface area contributed by atoms with Gasteiger partial charge in [-0.2, -0.15) is 0 Å². The quantitative estimate of drug-likeness (QED) is 0.487. The molecule has 1 unspecified atom stereocenters. The highest BCUT2D eigenvalue weighted by atomic mass is 16.6. The Morgan fingerprint density at radius 1 is 1.20 bits per heavy atom. The highest BCUT2D eigenvalue weighted by Crippen LogP contribution is 2.32. The molecule has 3 aromatic heterocycles. The van der Waals surface area contributed by atoms with Gasteiger partial charge in [-0.15, -0.1) is 0 Å². The standard InChI is InChI=1S/C15H17N5O5/c21-4-9-11(22)12(23)15(25-9)20-7-19-10-13(17-6-18-14(10)20)16-3-8-1-2-24-5-8/h1-2,5-7,9,11-12,15,21-23H,3-4H2,(H,16,17,18)/t9-,11?,12+,15-/m1/s1. The largest absolute Gasteiger partial charge is 0.472 e. The summed E-state index contributed by atoms with van der Waals surface area (Å²) in [7, 11) is 0. The molecule has 25 heavy (non-hydrogen) atoms. The van der Waals surface area contributed by atoms with Crippen LogP contribution < -0.4 is 5.32 Å². The minimum absolute atomic E-state index is 0.395. The highest BCUT2D eigenvalue weighted by Gasteiger charge is 2.44. The molecule has 0 aromatic carbocycles. The van der Waals surface area contributed by atoms with Gasteiger partial charge in [-0.05, 0) is 6.07 Å². The minimum Gasteiger partial charge on any atom is -0.472 e. The first-order valence-corrected chi connectivity index (χ1v) is 7.74. The smallest absolute Gasteiger partial charge is 0.167 e. The fraction of sp³-hybridized carbons (Fsp3) is 0.400. The molecule has 4 heterocycles. The average Bonchev–Trinajstić information content (AvgIpc) is 3.34. The summed E-state index contributed by atoms with van der Waals surface area (Å²) >= 11 is 0. The number of imidazole rings is 1. The van der Waals surface area contributed by atoms with Crippen molar-refractivity contribution in [2.24, 2.45) is 0 Å². The molecule has 4 atom stereocenters. The van der Waals surface area contributed by atoms with Gasteiger partial charge in [-0.3, -0.25) is 4.57 Å². The van der Waals surface area contributed by atoms with Gasteiger partial charge in [-0.1, -0.05) is 0 Å². The number of ether oxygens (including phenoxy) is 1. The number of hydrogen-bond donors (Lipinski definition) is 4. The molecule has 0 aliphatic carbocycles. The van der Waals surface area contributed by atoms with Crippen molar-refractivity contribution in [3.63, 3.8) is 0 Å². The molecule has 0 bridgehead atoms. The first-order valence-electron chi connectivity index (χ1n) is 7.74. The maximum Gasteiger partial charge on any atom is 0.167 e. The van der Waals surface area contributed by atoms with Crippen molar-refractivity contribution >= 4 is 17.0 Å². The van der Waals surface area contributed by atoms with E-state index in [-0.39, 0.29) is 0 Å². The third-order valence-electron chi connectivity index (χ3n) is 4.19. The van der Waals surface area contributed by atoms with Crippen LogP contribution >= 0.6 is 0 Å². The molecule has 132 valence electrons. The molecule has 0 amide bonds. The van der Waals surface area contributed by atoms with Gasteiger partial charge in [0, 0.05) is 12.1 Å². The molecule has 1 aliphatic heterocycles. The predicted octanol–water partition coefficient (Wildman–Crippen LogP) is -0.357. The van der Waals surface area contributed by atoms with Crippen LogP contribution in [0.3, 0.4) is 0 Å². The van der Waals surface area contributed by atoms with Crippen molar-refractivity contribution in [1.82, 2.24) is 19.5 Å². The maximum absolute atomic E-state index is 10.2. The van der Waals surface area contributed by atoms with Crippen LogP contribution in [-0.4, -0.2) is 59.8 Å². The fourth-order valence-corrected chi connectivity index (χ4v) is 2.86. The summed E-state index contributed by atoms with van der Waals surface area (Å²) in [5.74, 6) is 0.525. The Hall–Kier alpha value is -2.53. The number of aromatic nitrogens is 4. The van der Waals surface area contributed by atoms with Crippen LogP contribution in [0.15, 0.2) is 35.7 Å². The van der Waals surface area contributed by atoms with E-state index < -0.39 is 31.1 Å². The molecule has 1 saturated heterocycles. The molecular formula is C15H17N5O5. The summed E-state index contributed by atoms with van der Waals surface area (Å²) < 4.78 is 12.1. The molecular weight excluding hydrogens is 330 g/mol. The number of nitrogens with zero attached hydrogens (tertiary/aromatic N) is 4.